The molecule has 0 amide bonds. The van der Waals surface area contributed by atoms with Gasteiger partial charge in [-0.2, -0.15) is 0 Å². The van der Waals surface area contributed by atoms with Gasteiger partial charge in [0.05, 0.1) is 7.11 Å². The van der Waals surface area contributed by atoms with Crippen LogP contribution in [0, 0.1) is 13.8 Å². The predicted octanol–water partition coefficient (Wildman–Crippen LogP) is 3.33. The normalized spacial score (nSPS) is 10.3. The molecule has 100 valence electrons. The van der Waals surface area contributed by atoms with Crippen molar-refractivity contribution < 1.29 is 9.47 Å². The van der Waals surface area contributed by atoms with E-state index in [9.17, 15) is 0 Å². The molecule has 5 heteroatoms. The van der Waals surface area contributed by atoms with Crippen molar-refractivity contribution in [2.24, 2.45) is 0 Å². The van der Waals surface area contributed by atoms with Gasteiger partial charge in [0.25, 0.3) is 0 Å². The second-order valence-corrected chi connectivity index (χ2v) is 4.54. The molecule has 4 nitrogen and oxygen atoms in total. The number of hydrogen-bond donors (Lipinski definition) is 0. The minimum atomic E-state index is 0.411. The van der Waals surface area contributed by atoms with Crippen LogP contribution in [0.3, 0.4) is 0 Å². The lowest BCUT2D eigenvalue weighted by molar-refractivity contribution is 0.287. The van der Waals surface area contributed by atoms with Crippen LogP contribution in [0.2, 0.25) is 5.15 Å². The number of rotatable bonds is 4. The number of nitrogens with zero attached hydrogens (tertiary/aromatic N) is 2. The van der Waals surface area contributed by atoms with Crippen LogP contribution in [0.5, 0.6) is 11.6 Å². The fourth-order valence-corrected chi connectivity index (χ4v) is 1.74. The number of halogens is 1. The van der Waals surface area contributed by atoms with Crippen molar-refractivity contribution in [3.05, 3.63) is 46.1 Å². The molecule has 0 fully saturated rings. The van der Waals surface area contributed by atoms with Gasteiger partial charge in [0, 0.05) is 5.56 Å². The van der Waals surface area contributed by atoms with Crippen molar-refractivity contribution in [2.75, 3.05) is 7.11 Å². The van der Waals surface area contributed by atoms with Gasteiger partial charge >= 0.3 is 0 Å². The molecule has 0 radical (unpaired) electrons. The highest BCUT2D eigenvalue weighted by molar-refractivity contribution is 6.30. The molecule has 1 heterocycles. The average molecular weight is 279 g/mol. The lowest BCUT2D eigenvalue weighted by atomic mass is 10.2. The van der Waals surface area contributed by atoms with Gasteiger partial charge in [-0.1, -0.05) is 23.7 Å². The van der Waals surface area contributed by atoms with Crippen LogP contribution in [0.4, 0.5) is 0 Å². The molecule has 0 spiro atoms. The highest BCUT2D eigenvalue weighted by Crippen LogP contribution is 2.23. The molecule has 0 aliphatic carbocycles. The number of ether oxygens (including phenoxy) is 2. The van der Waals surface area contributed by atoms with E-state index in [-0.39, 0.29) is 0 Å². The van der Waals surface area contributed by atoms with Crippen molar-refractivity contribution in [1.82, 2.24) is 10.2 Å². The SMILES string of the molecule is COc1ccc(COc2nnc(Cl)c(C)c2C)cc1. The first-order valence-electron chi connectivity index (χ1n) is 5.87. The predicted molar refractivity (Wildman–Crippen MR) is 73.8 cm³/mol. The van der Waals surface area contributed by atoms with E-state index in [1.807, 2.05) is 38.1 Å². The van der Waals surface area contributed by atoms with E-state index in [0.29, 0.717) is 17.6 Å². The Bertz CT molecular complexity index is 570. The molecule has 0 aliphatic rings. The molecule has 0 saturated carbocycles. The quantitative estimate of drug-likeness (QED) is 0.860. The monoisotopic (exact) mass is 278 g/mol. The summed E-state index contributed by atoms with van der Waals surface area (Å²) < 4.78 is 10.8. The number of hydrogen-bond acceptors (Lipinski definition) is 4. The molecule has 1 aromatic carbocycles. The van der Waals surface area contributed by atoms with Crippen molar-refractivity contribution in [1.29, 1.82) is 0 Å². The molecule has 2 aromatic rings. The van der Waals surface area contributed by atoms with Gasteiger partial charge < -0.3 is 9.47 Å². The molecule has 0 aliphatic heterocycles. The van der Waals surface area contributed by atoms with Gasteiger partial charge in [-0.3, -0.25) is 0 Å². The summed E-state index contributed by atoms with van der Waals surface area (Å²) >= 11 is 5.89. The first-order chi connectivity index (χ1) is 9.11. The Morgan fingerprint density at radius 1 is 1.05 bits per heavy atom. The van der Waals surface area contributed by atoms with Crippen LogP contribution in [-0.2, 0) is 6.61 Å². The molecule has 1 aromatic heterocycles. The maximum Gasteiger partial charge on any atom is 0.237 e. The maximum absolute atomic E-state index is 5.89. The van der Waals surface area contributed by atoms with Crippen molar-refractivity contribution >= 4 is 11.6 Å². The van der Waals surface area contributed by atoms with Crippen LogP contribution in [0.1, 0.15) is 16.7 Å². The second kappa shape index (κ2) is 5.89. The molecular weight excluding hydrogens is 264 g/mol. The maximum atomic E-state index is 5.89. The molecule has 0 atom stereocenters. The summed E-state index contributed by atoms with van der Waals surface area (Å²) in [6.45, 7) is 4.24. The van der Waals surface area contributed by atoms with Crippen LogP contribution >= 0.6 is 11.6 Å². The van der Waals surface area contributed by atoms with Gasteiger partial charge in [-0.15, -0.1) is 10.2 Å². The van der Waals surface area contributed by atoms with Crippen LogP contribution in [-0.4, -0.2) is 17.3 Å². The van der Waals surface area contributed by atoms with Crippen LogP contribution in [0.25, 0.3) is 0 Å². The zero-order chi connectivity index (χ0) is 13.8. The lowest BCUT2D eigenvalue weighted by Gasteiger charge is -2.10. The lowest BCUT2D eigenvalue weighted by Crippen LogP contribution is -2.02. The summed E-state index contributed by atoms with van der Waals surface area (Å²) in [6.07, 6.45) is 0. The Morgan fingerprint density at radius 3 is 2.37 bits per heavy atom. The first-order valence-corrected chi connectivity index (χ1v) is 6.24. The summed E-state index contributed by atoms with van der Waals surface area (Å²) in [4.78, 5) is 0. The Labute approximate surface area is 117 Å². The van der Waals surface area contributed by atoms with Crippen molar-refractivity contribution in [2.45, 2.75) is 20.5 Å². The van der Waals surface area contributed by atoms with Gasteiger partial charge in [-0.25, -0.2) is 0 Å². The molecule has 0 saturated heterocycles. The van der Waals surface area contributed by atoms with E-state index < -0.39 is 0 Å². The zero-order valence-corrected chi connectivity index (χ0v) is 11.9. The van der Waals surface area contributed by atoms with Gasteiger partial charge in [0.15, 0.2) is 5.15 Å². The van der Waals surface area contributed by atoms with Crippen LogP contribution < -0.4 is 9.47 Å². The first kappa shape index (κ1) is 13.6. The molecular formula is C14H15ClN2O2. The topological polar surface area (TPSA) is 44.2 Å². The van der Waals surface area contributed by atoms with E-state index in [1.165, 1.54) is 0 Å². The third kappa shape index (κ3) is 3.15. The average Bonchev–Trinajstić information content (AvgIpc) is 2.45. The fraction of sp³-hybridized carbons (Fsp3) is 0.286. The molecule has 0 N–H and O–H groups in total. The largest absolute Gasteiger partial charge is 0.497 e. The minimum absolute atomic E-state index is 0.411. The Hall–Kier alpha value is -1.81. The van der Waals surface area contributed by atoms with E-state index in [0.717, 1.165) is 22.4 Å². The molecule has 0 unspecified atom stereocenters. The third-order valence-corrected chi connectivity index (χ3v) is 3.32. The Morgan fingerprint density at radius 2 is 1.74 bits per heavy atom. The Kier molecular flexibility index (Phi) is 4.22. The third-order valence-electron chi connectivity index (χ3n) is 2.96. The zero-order valence-electron chi connectivity index (χ0n) is 11.1. The highest BCUT2D eigenvalue weighted by Gasteiger charge is 2.09. The van der Waals surface area contributed by atoms with Gasteiger partial charge in [0.1, 0.15) is 12.4 Å². The van der Waals surface area contributed by atoms with Crippen LogP contribution in [0.15, 0.2) is 24.3 Å². The summed E-state index contributed by atoms with van der Waals surface area (Å²) in [6, 6.07) is 7.68. The summed E-state index contributed by atoms with van der Waals surface area (Å²) in [5.41, 5.74) is 2.84. The highest BCUT2D eigenvalue weighted by atomic mass is 35.5. The minimum Gasteiger partial charge on any atom is -0.497 e. The smallest absolute Gasteiger partial charge is 0.237 e. The van der Waals surface area contributed by atoms with E-state index in [2.05, 4.69) is 10.2 Å². The van der Waals surface area contributed by atoms with E-state index in [1.54, 1.807) is 7.11 Å². The fourth-order valence-electron chi connectivity index (χ4n) is 1.57. The van der Waals surface area contributed by atoms with Crippen molar-refractivity contribution in [3.8, 4) is 11.6 Å². The number of methoxy groups -OCH3 is 1. The number of aromatic nitrogens is 2. The molecule has 19 heavy (non-hydrogen) atoms. The van der Waals surface area contributed by atoms with E-state index in [4.69, 9.17) is 21.1 Å². The summed E-state index contributed by atoms with van der Waals surface area (Å²) in [5.74, 6) is 1.33. The van der Waals surface area contributed by atoms with Gasteiger partial charge in [0.2, 0.25) is 5.88 Å². The molecule has 2 rings (SSSR count). The van der Waals surface area contributed by atoms with E-state index >= 15 is 0 Å². The summed E-state index contributed by atoms with van der Waals surface area (Å²) in [7, 11) is 1.64. The number of benzene rings is 1. The van der Waals surface area contributed by atoms with Crippen molar-refractivity contribution in [3.63, 3.8) is 0 Å². The molecule has 0 bridgehead atoms. The standard InChI is InChI=1S/C14H15ClN2O2/c1-9-10(2)14(17-16-13(9)15)19-8-11-4-6-12(18-3)7-5-11/h4-7H,8H2,1-3H3. The summed E-state index contributed by atoms with van der Waals surface area (Å²) in [5, 5.41) is 8.22. The van der Waals surface area contributed by atoms with Gasteiger partial charge in [-0.05, 0) is 37.1 Å². The second-order valence-electron chi connectivity index (χ2n) is 4.18. The Balaban J connectivity index is 2.08.